The van der Waals surface area contributed by atoms with Gasteiger partial charge in [0.15, 0.2) is 0 Å². The van der Waals surface area contributed by atoms with Gasteiger partial charge in [0.1, 0.15) is 11.8 Å². The maximum absolute atomic E-state index is 13.4. The van der Waals surface area contributed by atoms with Crippen molar-refractivity contribution < 1.29 is 17.9 Å². The number of nitrogens with one attached hydrogen (secondary N) is 2. The highest BCUT2D eigenvalue weighted by molar-refractivity contribution is 7.89. The van der Waals surface area contributed by atoms with Crippen LogP contribution in [0.4, 0.5) is 5.69 Å². The van der Waals surface area contributed by atoms with Crippen LogP contribution in [0.5, 0.6) is 5.75 Å². The number of benzene rings is 2. The summed E-state index contributed by atoms with van der Waals surface area (Å²) in [6, 6.07) is 11.9. The number of amides is 1. The lowest BCUT2D eigenvalue weighted by Gasteiger charge is -2.33. The molecule has 0 spiro atoms. The first kappa shape index (κ1) is 24.9. The molecule has 2 N–H and O–H groups in total. The summed E-state index contributed by atoms with van der Waals surface area (Å²) in [5.41, 5.74) is 3.61. The third kappa shape index (κ3) is 5.00. The van der Waals surface area contributed by atoms with Crippen molar-refractivity contribution in [2.24, 2.45) is 5.92 Å². The van der Waals surface area contributed by atoms with Gasteiger partial charge in [-0.1, -0.05) is 29.0 Å². The average molecular weight is 537 g/mol. The van der Waals surface area contributed by atoms with Crippen molar-refractivity contribution in [1.82, 2.24) is 24.6 Å². The van der Waals surface area contributed by atoms with Gasteiger partial charge in [-0.3, -0.25) is 4.79 Å². The molecule has 38 heavy (non-hydrogen) atoms. The second kappa shape index (κ2) is 10.0. The number of anilines is 1. The Morgan fingerprint density at radius 2 is 1.95 bits per heavy atom. The largest absolute Gasteiger partial charge is 0.493 e. The molecular weight excluding hydrogens is 504 g/mol. The van der Waals surface area contributed by atoms with E-state index < -0.39 is 16.1 Å². The van der Waals surface area contributed by atoms with Crippen molar-refractivity contribution in [3.05, 3.63) is 65.5 Å². The Morgan fingerprint density at radius 1 is 1.13 bits per heavy atom. The zero-order chi connectivity index (χ0) is 26.3. The molecule has 2 aliphatic heterocycles. The van der Waals surface area contributed by atoms with Crippen LogP contribution in [0.1, 0.15) is 42.1 Å². The van der Waals surface area contributed by atoms with Crippen molar-refractivity contribution in [2.45, 2.75) is 49.6 Å². The van der Waals surface area contributed by atoms with Gasteiger partial charge < -0.3 is 15.4 Å². The Balaban J connectivity index is 1.21. The number of aromatic nitrogens is 3. The lowest BCUT2D eigenvalue weighted by Crippen LogP contribution is -2.57. The second-order valence-electron chi connectivity index (χ2n) is 10.4. The van der Waals surface area contributed by atoms with Gasteiger partial charge in [0, 0.05) is 56.0 Å². The Bertz CT molecular complexity index is 1430. The van der Waals surface area contributed by atoms with Gasteiger partial charge in [-0.2, -0.15) is 4.31 Å². The maximum Gasteiger partial charge on any atom is 0.243 e. The summed E-state index contributed by atoms with van der Waals surface area (Å²) in [4.78, 5) is 13.0. The first-order chi connectivity index (χ1) is 18.4. The number of carbonyl (C=O) groups is 1. The van der Waals surface area contributed by atoms with Gasteiger partial charge in [0.25, 0.3) is 0 Å². The van der Waals surface area contributed by atoms with Crippen LogP contribution in [-0.4, -0.2) is 65.9 Å². The van der Waals surface area contributed by atoms with E-state index in [9.17, 15) is 13.2 Å². The Labute approximate surface area is 222 Å². The number of fused-ring (bicyclic) bond motifs is 1. The van der Waals surface area contributed by atoms with Crippen LogP contribution in [0, 0.1) is 12.8 Å². The van der Waals surface area contributed by atoms with E-state index in [1.807, 2.05) is 19.2 Å². The highest BCUT2D eigenvalue weighted by Crippen LogP contribution is 2.37. The summed E-state index contributed by atoms with van der Waals surface area (Å²) in [5, 5.41) is 15.0. The first-order valence-corrected chi connectivity index (χ1v) is 14.6. The summed E-state index contributed by atoms with van der Waals surface area (Å²) < 4.78 is 35.9. The zero-order valence-electron chi connectivity index (χ0n) is 21.3. The third-order valence-electron chi connectivity index (χ3n) is 7.50. The van der Waals surface area contributed by atoms with E-state index in [0.29, 0.717) is 12.3 Å². The molecule has 3 aliphatic rings. The molecule has 3 heterocycles. The van der Waals surface area contributed by atoms with Crippen molar-refractivity contribution in [3.8, 4) is 5.75 Å². The minimum atomic E-state index is -3.85. The molecule has 1 saturated carbocycles. The molecule has 0 unspecified atom stereocenters. The number of hydrogen-bond donors (Lipinski definition) is 2. The molecule has 11 heteroatoms. The molecule has 200 valence electrons. The SMILES string of the molecule is Cc1ccc(S(=O)(=O)N2CCNC(=O)[C@H]2Cc2cn([C@@H]3CCOc4cc(NCC5CC5)ccc43)nn2)cc1. The molecule has 2 aromatic carbocycles. The quantitative estimate of drug-likeness (QED) is 0.454. The number of piperazine rings is 1. The minimum absolute atomic E-state index is 0.0509. The van der Waals surface area contributed by atoms with Crippen LogP contribution in [0.3, 0.4) is 0 Å². The van der Waals surface area contributed by atoms with Crippen molar-refractivity contribution in [2.75, 3.05) is 31.6 Å². The van der Waals surface area contributed by atoms with Gasteiger partial charge in [0.2, 0.25) is 15.9 Å². The fourth-order valence-electron chi connectivity index (χ4n) is 5.12. The van der Waals surface area contributed by atoms with E-state index in [-0.39, 0.29) is 36.4 Å². The van der Waals surface area contributed by atoms with E-state index in [2.05, 4.69) is 33.1 Å². The van der Waals surface area contributed by atoms with Gasteiger partial charge >= 0.3 is 0 Å². The lowest BCUT2D eigenvalue weighted by atomic mass is 10.00. The van der Waals surface area contributed by atoms with Crippen LogP contribution < -0.4 is 15.4 Å². The van der Waals surface area contributed by atoms with Crippen molar-refractivity contribution in [1.29, 1.82) is 0 Å². The van der Waals surface area contributed by atoms with E-state index in [1.165, 1.54) is 17.1 Å². The van der Waals surface area contributed by atoms with Crippen molar-refractivity contribution >= 4 is 21.6 Å². The standard InChI is InChI=1S/C27H32N6O4S/c1-18-2-7-22(8-3-18)38(35,36)33-12-11-28-27(34)25(33)14-21-17-32(31-30-21)24-10-13-37-26-15-20(6-9-23(24)26)29-16-19-4-5-19/h2-3,6-9,15,17,19,24-25,29H,4-5,10-14,16H2,1H3,(H,28,34)/t24-,25-/m1/s1. The van der Waals surface area contributed by atoms with Gasteiger partial charge in [-0.05, 0) is 43.9 Å². The topological polar surface area (TPSA) is 118 Å². The summed E-state index contributed by atoms with van der Waals surface area (Å²) in [7, 11) is -3.85. The number of sulfonamides is 1. The molecule has 6 rings (SSSR count). The number of aryl methyl sites for hydroxylation is 1. The predicted octanol–water partition coefficient (Wildman–Crippen LogP) is 2.51. The van der Waals surface area contributed by atoms with Crippen molar-refractivity contribution in [3.63, 3.8) is 0 Å². The summed E-state index contributed by atoms with van der Waals surface area (Å²) in [6.07, 6.45) is 5.28. The molecule has 2 atom stereocenters. The molecule has 1 amide bonds. The normalized spacial score (nSPS) is 21.9. The van der Waals surface area contributed by atoms with Crippen LogP contribution in [-0.2, 0) is 21.2 Å². The minimum Gasteiger partial charge on any atom is -0.493 e. The summed E-state index contributed by atoms with van der Waals surface area (Å²) >= 11 is 0. The average Bonchev–Trinajstić information content (AvgIpc) is 3.64. The molecular formula is C27H32N6O4S. The Hall–Kier alpha value is -3.44. The number of ether oxygens (including phenoxy) is 1. The summed E-state index contributed by atoms with van der Waals surface area (Å²) in [5.74, 6) is 1.28. The van der Waals surface area contributed by atoms with Crippen LogP contribution >= 0.6 is 0 Å². The Kier molecular flexibility index (Phi) is 6.56. The highest BCUT2D eigenvalue weighted by atomic mass is 32.2. The van der Waals surface area contributed by atoms with Gasteiger partial charge in [0.05, 0.1) is 23.2 Å². The fourth-order valence-corrected chi connectivity index (χ4v) is 6.71. The summed E-state index contributed by atoms with van der Waals surface area (Å²) in [6.45, 7) is 3.92. The van der Waals surface area contributed by atoms with Crippen LogP contribution in [0.15, 0.2) is 53.6 Å². The number of carbonyl (C=O) groups excluding carboxylic acids is 1. The molecule has 0 radical (unpaired) electrons. The second-order valence-corrected chi connectivity index (χ2v) is 12.3. The fraction of sp³-hybridized carbons (Fsp3) is 0.444. The lowest BCUT2D eigenvalue weighted by molar-refractivity contribution is -0.126. The van der Waals surface area contributed by atoms with Gasteiger partial charge in [-0.25, -0.2) is 13.1 Å². The Morgan fingerprint density at radius 3 is 2.74 bits per heavy atom. The van der Waals surface area contributed by atoms with Crippen LogP contribution in [0.2, 0.25) is 0 Å². The highest BCUT2D eigenvalue weighted by Gasteiger charge is 2.39. The predicted molar refractivity (Wildman–Crippen MR) is 142 cm³/mol. The molecule has 1 aliphatic carbocycles. The molecule has 1 aromatic heterocycles. The maximum atomic E-state index is 13.4. The smallest absolute Gasteiger partial charge is 0.243 e. The molecule has 1 saturated heterocycles. The van der Waals surface area contributed by atoms with E-state index in [4.69, 9.17) is 4.74 Å². The van der Waals surface area contributed by atoms with E-state index in [1.54, 1.807) is 28.9 Å². The third-order valence-corrected chi connectivity index (χ3v) is 9.42. The number of rotatable bonds is 8. The molecule has 2 fully saturated rings. The molecule has 0 bridgehead atoms. The monoisotopic (exact) mass is 536 g/mol. The molecule has 10 nitrogen and oxygen atoms in total. The van der Waals surface area contributed by atoms with E-state index >= 15 is 0 Å². The number of hydrogen-bond acceptors (Lipinski definition) is 7. The molecule has 3 aromatic rings. The number of nitrogens with zero attached hydrogens (tertiary/aromatic N) is 4. The van der Waals surface area contributed by atoms with E-state index in [0.717, 1.165) is 41.4 Å². The van der Waals surface area contributed by atoms with Crippen LogP contribution in [0.25, 0.3) is 0 Å². The van der Waals surface area contributed by atoms with Gasteiger partial charge in [-0.15, -0.1) is 5.10 Å². The zero-order valence-corrected chi connectivity index (χ0v) is 22.2. The first-order valence-electron chi connectivity index (χ1n) is 13.2.